The molecule has 0 amide bonds. The van der Waals surface area contributed by atoms with E-state index in [1.165, 1.54) is 17.7 Å². The lowest BCUT2D eigenvalue weighted by Crippen LogP contribution is -2.30. The van der Waals surface area contributed by atoms with Gasteiger partial charge in [-0.2, -0.15) is 5.10 Å². The molecular formula is C11H19N3. The van der Waals surface area contributed by atoms with Gasteiger partial charge in [0.25, 0.3) is 0 Å². The molecule has 2 rings (SSSR count). The molecule has 0 bridgehead atoms. The highest BCUT2D eigenvalue weighted by Gasteiger charge is 2.32. The Morgan fingerprint density at radius 3 is 3.14 bits per heavy atom. The summed E-state index contributed by atoms with van der Waals surface area (Å²) in [5.41, 5.74) is 3.15. The van der Waals surface area contributed by atoms with Crippen LogP contribution < -0.4 is 5.32 Å². The molecule has 3 nitrogen and oxygen atoms in total. The zero-order valence-corrected chi connectivity index (χ0v) is 9.22. The van der Waals surface area contributed by atoms with E-state index in [4.69, 9.17) is 0 Å². The van der Waals surface area contributed by atoms with Crippen molar-refractivity contribution in [3.8, 4) is 0 Å². The highest BCUT2D eigenvalue weighted by Crippen LogP contribution is 2.40. The molecule has 2 N–H and O–H groups in total. The van der Waals surface area contributed by atoms with E-state index in [1.54, 1.807) is 0 Å². The molecular weight excluding hydrogens is 174 g/mol. The zero-order valence-electron chi connectivity index (χ0n) is 9.22. The van der Waals surface area contributed by atoms with Crippen LogP contribution in [0.25, 0.3) is 0 Å². The highest BCUT2D eigenvalue weighted by molar-refractivity contribution is 5.26. The van der Waals surface area contributed by atoms with Crippen LogP contribution in [0, 0.1) is 5.41 Å². The maximum Gasteiger partial charge on any atom is 0.0525 e. The minimum Gasteiger partial charge on any atom is -0.319 e. The number of H-pyrrole nitrogens is 1. The van der Waals surface area contributed by atoms with Gasteiger partial charge < -0.3 is 5.32 Å². The summed E-state index contributed by atoms with van der Waals surface area (Å²) in [5, 5.41) is 10.5. The molecule has 0 radical (unpaired) electrons. The summed E-state index contributed by atoms with van der Waals surface area (Å²) >= 11 is 0. The van der Waals surface area contributed by atoms with Gasteiger partial charge in [0.05, 0.1) is 6.20 Å². The molecule has 1 aromatic rings. The predicted molar refractivity (Wildman–Crippen MR) is 57.4 cm³/mol. The van der Waals surface area contributed by atoms with E-state index in [2.05, 4.69) is 29.4 Å². The third-order valence-corrected chi connectivity index (χ3v) is 3.10. The Kier molecular flexibility index (Phi) is 2.35. The predicted octanol–water partition coefficient (Wildman–Crippen LogP) is 1.69. The molecule has 0 aromatic carbocycles. The monoisotopic (exact) mass is 193 g/mol. The summed E-state index contributed by atoms with van der Waals surface area (Å²) in [6, 6.07) is 0. The Morgan fingerprint density at radius 1 is 1.64 bits per heavy atom. The van der Waals surface area contributed by atoms with E-state index in [0.29, 0.717) is 11.3 Å². The van der Waals surface area contributed by atoms with Crippen molar-refractivity contribution in [1.82, 2.24) is 15.5 Å². The van der Waals surface area contributed by atoms with E-state index in [0.717, 1.165) is 13.0 Å². The van der Waals surface area contributed by atoms with Gasteiger partial charge in [0, 0.05) is 18.2 Å². The van der Waals surface area contributed by atoms with Crippen molar-refractivity contribution in [2.45, 2.75) is 32.6 Å². The van der Waals surface area contributed by atoms with Gasteiger partial charge in [0.2, 0.25) is 0 Å². The average molecular weight is 193 g/mol. The number of nitrogens with one attached hydrogen (secondary N) is 2. The van der Waals surface area contributed by atoms with Gasteiger partial charge in [0.15, 0.2) is 0 Å². The fraction of sp³-hybridized carbons (Fsp3) is 0.727. The second-order valence-electron chi connectivity index (χ2n) is 5.10. The van der Waals surface area contributed by atoms with Gasteiger partial charge in [-0.05, 0) is 30.9 Å². The summed E-state index contributed by atoms with van der Waals surface area (Å²) in [6.07, 6.45) is 4.37. The number of hydrogen-bond acceptors (Lipinski definition) is 2. The second-order valence-corrected chi connectivity index (χ2v) is 5.10. The van der Waals surface area contributed by atoms with E-state index < -0.39 is 0 Å². The molecule has 3 heteroatoms. The molecule has 0 aliphatic heterocycles. The standard InChI is InChI=1S/C11H19N3/c1-11(2)4-8(6-12-3)9-7-13-14-10(9)5-11/h7-8,12H,4-6H2,1-3H3,(H,13,14). The summed E-state index contributed by atoms with van der Waals surface area (Å²) in [7, 11) is 2.02. The largest absolute Gasteiger partial charge is 0.319 e. The highest BCUT2D eigenvalue weighted by atomic mass is 15.1. The molecule has 1 aliphatic carbocycles. The summed E-state index contributed by atoms with van der Waals surface area (Å²) in [5.74, 6) is 0.623. The maximum atomic E-state index is 4.15. The van der Waals surface area contributed by atoms with Gasteiger partial charge in [-0.25, -0.2) is 0 Å². The van der Waals surface area contributed by atoms with Crippen LogP contribution in [0.15, 0.2) is 6.20 Å². The lowest BCUT2D eigenvalue weighted by molar-refractivity contribution is 0.275. The minimum absolute atomic E-state index is 0.404. The minimum atomic E-state index is 0.404. The van der Waals surface area contributed by atoms with Crippen LogP contribution in [0.4, 0.5) is 0 Å². The third-order valence-electron chi connectivity index (χ3n) is 3.10. The molecule has 1 aliphatic rings. The van der Waals surface area contributed by atoms with E-state index in [-0.39, 0.29) is 0 Å². The summed E-state index contributed by atoms with van der Waals surface area (Å²) in [6.45, 7) is 5.72. The van der Waals surface area contributed by atoms with Gasteiger partial charge >= 0.3 is 0 Å². The number of rotatable bonds is 2. The van der Waals surface area contributed by atoms with Crippen LogP contribution in [0.3, 0.4) is 0 Å². The summed E-state index contributed by atoms with van der Waals surface area (Å²) in [4.78, 5) is 0. The second kappa shape index (κ2) is 3.39. The Hall–Kier alpha value is -0.830. The summed E-state index contributed by atoms with van der Waals surface area (Å²) < 4.78 is 0. The molecule has 78 valence electrons. The molecule has 0 saturated carbocycles. The van der Waals surface area contributed by atoms with Crippen LogP contribution >= 0.6 is 0 Å². The average Bonchev–Trinajstić information content (AvgIpc) is 2.50. The van der Waals surface area contributed by atoms with Crippen LogP contribution in [0.2, 0.25) is 0 Å². The Morgan fingerprint density at radius 2 is 2.43 bits per heavy atom. The van der Waals surface area contributed by atoms with Crippen LogP contribution in [-0.2, 0) is 6.42 Å². The zero-order chi connectivity index (χ0) is 10.2. The van der Waals surface area contributed by atoms with Crippen LogP contribution in [0.5, 0.6) is 0 Å². The molecule has 14 heavy (non-hydrogen) atoms. The molecule has 1 unspecified atom stereocenters. The van der Waals surface area contributed by atoms with Crippen molar-refractivity contribution in [3.63, 3.8) is 0 Å². The fourth-order valence-corrected chi connectivity index (χ4v) is 2.57. The van der Waals surface area contributed by atoms with Gasteiger partial charge in [-0.1, -0.05) is 13.8 Å². The Balaban J connectivity index is 2.28. The SMILES string of the molecule is CNCC1CC(C)(C)Cc2[nH]ncc21. The first-order chi connectivity index (χ1) is 6.62. The number of hydrogen-bond donors (Lipinski definition) is 2. The first-order valence-electron chi connectivity index (χ1n) is 5.29. The normalized spacial score (nSPS) is 24.6. The molecule has 0 saturated heterocycles. The Bertz CT molecular complexity index is 314. The van der Waals surface area contributed by atoms with Crippen molar-refractivity contribution in [2.75, 3.05) is 13.6 Å². The molecule has 1 atom stereocenters. The smallest absolute Gasteiger partial charge is 0.0525 e. The third kappa shape index (κ3) is 1.69. The van der Waals surface area contributed by atoms with E-state index in [9.17, 15) is 0 Å². The molecule has 1 aromatic heterocycles. The van der Waals surface area contributed by atoms with Gasteiger partial charge in [-0.15, -0.1) is 0 Å². The van der Waals surface area contributed by atoms with E-state index in [1.807, 2.05) is 13.2 Å². The molecule has 0 fully saturated rings. The lowest BCUT2D eigenvalue weighted by atomic mass is 9.71. The first-order valence-corrected chi connectivity index (χ1v) is 5.29. The lowest BCUT2D eigenvalue weighted by Gasteiger charge is -2.34. The Labute approximate surface area is 85.3 Å². The van der Waals surface area contributed by atoms with Crippen molar-refractivity contribution in [1.29, 1.82) is 0 Å². The van der Waals surface area contributed by atoms with E-state index >= 15 is 0 Å². The van der Waals surface area contributed by atoms with Crippen molar-refractivity contribution >= 4 is 0 Å². The first kappa shape index (κ1) is 9.71. The fourth-order valence-electron chi connectivity index (χ4n) is 2.57. The molecule has 1 heterocycles. The topological polar surface area (TPSA) is 40.7 Å². The van der Waals surface area contributed by atoms with Crippen molar-refractivity contribution in [2.24, 2.45) is 5.41 Å². The number of nitrogens with zero attached hydrogens (tertiary/aromatic N) is 1. The number of likely N-dealkylation sites (N-methyl/N-ethyl adjacent to an activating group) is 1. The number of aromatic nitrogens is 2. The van der Waals surface area contributed by atoms with Gasteiger partial charge in [0.1, 0.15) is 0 Å². The number of fused-ring (bicyclic) bond motifs is 1. The van der Waals surface area contributed by atoms with Crippen molar-refractivity contribution in [3.05, 3.63) is 17.5 Å². The maximum absolute atomic E-state index is 4.15. The molecule has 0 spiro atoms. The van der Waals surface area contributed by atoms with Crippen LogP contribution in [-0.4, -0.2) is 23.8 Å². The quantitative estimate of drug-likeness (QED) is 0.750. The number of aromatic amines is 1. The van der Waals surface area contributed by atoms with Crippen LogP contribution in [0.1, 0.15) is 37.4 Å². The van der Waals surface area contributed by atoms with Gasteiger partial charge in [-0.3, -0.25) is 5.10 Å². The van der Waals surface area contributed by atoms with Crippen molar-refractivity contribution < 1.29 is 0 Å².